The van der Waals surface area contributed by atoms with Crippen molar-refractivity contribution in [1.82, 2.24) is 0 Å². The first-order valence-electron chi connectivity index (χ1n) is 26.4. The molecule has 0 aliphatic heterocycles. The van der Waals surface area contributed by atoms with Gasteiger partial charge in [0.05, 0.1) is 0 Å². The second-order valence-corrected chi connectivity index (χ2v) is 17.4. The minimum Gasteiger partial charge on any atom is -0.462 e. The van der Waals surface area contributed by atoms with Crippen LogP contribution in [0.15, 0.2) is 72.9 Å². The summed E-state index contributed by atoms with van der Waals surface area (Å²) in [4.78, 5) is 38.0. The van der Waals surface area contributed by atoms with Gasteiger partial charge in [-0.05, 0) is 89.9 Å². The minimum absolute atomic E-state index is 0.0861. The van der Waals surface area contributed by atoms with Crippen LogP contribution < -0.4 is 0 Å². The predicted octanol–water partition coefficient (Wildman–Crippen LogP) is 17.4. The highest BCUT2D eigenvalue weighted by Crippen LogP contribution is 2.14. The molecule has 0 rings (SSSR count). The number of hydrogen-bond acceptors (Lipinski definition) is 6. The molecule has 0 spiro atoms. The lowest BCUT2D eigenvalue weighted by Gasteiger charge is -2.18. The van der Waals surface area contributed by atoms with Crippen molar-refractivity contribution >= 4 is 17.9 Å². The van der Waals surface area contributed by atoms with Crippen molar-refractivity contribution in [2.24, 2.45) is 0 Å². The van der Waals surface area contributed by atoms with E-state index in [1.54, 1.807) is 0 Å². The molecule has 0 aromatic carbocycles. The lowest BCUT2D eigenvalue weighted by molar-refractivity contribution is -0.167. The van der Waals surface area contributed by atoms with E-state index in [1.807, 2.05) is 0 Å². The summed E-state index contributed by atoms with van der Waals surface area (Å²) in [5.41, 5.74) is 0. The minimum atomic E-state index is -0.788. The average molecular weight is 879 g/mol. The van der Waals surface area contributed by atoms with E-state index in [0.29, 0.717) is 19.3 Å². The van der Waals surface area contributed by atoms with E-state index in [2.05, 4.69) is 93.7 Å². The SMILES string of the molecule is CC/C=C\C/C=C\C/C=C\C/C=C\C/C=C\CCCCCC(=O)OC[C@H](COC(=O)CCCCCCCCCCCCC)OC(=O)CCCCCCCCC/C=C\CCCCCC. The first-order chi connectivity index (χ1) is 31.0. The summed E-state index contributed by atoms with van der Waals surface area (Å²) in [5.74, 6) is -0.921. The molecule has 0 aliphatic rings. The van der Waals surface area contributed by atoms with E-state index in [-0.39, 0.29) is 31.1 Å². The van der Waals surface area contributed by atoms with Crippen LogP contribution in [0.5, 0.6) is 0 Å². The van der Waals surface area contributed by atoms with Gasteiger partial charge in [-0.15, -0.1) is 0 Å². The Morgan fingerprint density at radius 3 is 1.02 bits per heavy atom. The van der Waals surface area contributed by atoms with E-state index in [0.717, 1.165) is 96.3 Å². The number of allylic oxidation sites excluding steroid dienone is 12. The molecule has 1 atom stereocenters. The maximum atomic E-state index is 12.8. The van der Waals surface area contributed by atoms with E-state index in [9.17, 15) is 14.4 Å². The molecule has 0 aliphatic carbocycles. The smallest absolute Gasteiger partial charge is 0.306 e. The Morgan fingerprint density at radius 2 is 0.619 bits per heavy atom. The molecule has 0 saturated heterocycles. The second-order valence-electron chi connectivity index (χ2n) is 17.4. The highest BCUT2D eigenvalue weighted by Gasteiger charge is 2.19. The summed E-state index contributed by atoms with van der Waals surface area (Å²) in [6.45, 7) is 6.48. The van der Waals surface area contributed by atoms with E-state index < -0.39 is 6.10 Å². The van der Waals surface area contributed by atoms with Gasteiger partial charge in [-0.3, -0.25) is 14.4 Å². The van der Waals surface area contributed by atoms with Crippen LogP contribution in [0.3, 0.4) is 0 Å². The largest absolute Gasteiger partial charge is 0.462 e. The second kappa shape index (κ2) is 51.5. The molecule has 63 heavy (non-hydrogen) atoms. The van der Waals surface area contributed by atoms with Crippen LogP contribution in [0.25, 0.3) is 0 Å². The van der Waals surface area contributed by atoms with Crippen LogP contribution in [0, 0.1) is 0 Å². The molecule has 0 fully saturated rings. The highest BCUT2D eigenvalue weighted by molar-refractivity contribution is 5.71. The first kappa shape index (κ1) is 59.9. The summed E-state index contributed by atoms with van der Waals surface area (Å²) < 4.78 is 16.8. The van der Waals surface area contributed by atoms with Gasteiger partial charge in [0.1, 0.15) is 13.2 Å². The standard InChI is InChI=1S/C57H98O6/c1-4-7-10-13-16-19-22-24-26-27-28-29-31-32-35-38-41-44-47-50-56(59)62-53-54(52-61-55(58)49-46-43-40-37-34-21-18-15-12-9-6-3)63-57(60)51-48-45-42-39-36-33-30-25-23-20-17-14-11-8-5-2/h7,10,16,19-20,23-24,26,28-29,32,35,54H,4-6,8-9,11-15,17-18,21-22,25,27,30-31,33-34,36-53H2,1-3H3/b10-7-,19-16-,23-20-,26-24-,29-28-,35-32-/t54-/m0/s1. The topological polar surface area (TPSA) is 78.9 Å². The maximum absolute atomic E-state index is 12.8. The number of carbonyl (C=O) groups excluding carboxylic acids is 3. The fourth-order valence-electron chi connectivity index (χ4n) is 7.23. The highest BCUT2D eigenvalue weighted by atomic mass is 16.6. The van der Waals surface area contributed by atoms with Crippen LogP contribution >= 0.6 is 0 Å². The van der Waals surface area contributed by atoms with Crippen molar-refractivity contribution in [3.05, 3.63) is 72.9 Å². The number of esters is 3. The molecule has 0 amide bonds. The molecule has 0 unspecified atom stereocenters. The van der Waals surface area contributed by atoms with E-state index >= 15 is 0 Å². The number of hydrogen-bond donors (Lipinski definition) is 0. The summed E-state index contributed by atoms with van der Waals surface area (Å²) in [5, 5.41) is 0. The number of rotatable bonds is 47. The first-order valence-corrected chi connectivity index (χ1v) is 26.4. The zero-order valence-corrected chi connectivity index (χ0v) is 41.3. The Bertz CT molecular complexity index is 1190. The molecule has 0 aromatic rings. The molecule has 0 aromatic heterocycles. The monoisotopic (exact) mass is 879 g/mol. The summed E-state index contributed by atoms with van der Waals surface area (Å²) >= 11 is 0. The van der Waals surface area contributed by atoms with Gasteiger partial charge in [0, 0.05) is 19.3 Å². The van der Waals surface area contributed by atoms with Gasteiger partial charge in [-0.25, -0.2) is 0 Å². The van der Waals surface area contributed by atoms with Gasteiger partial charge in [0.25, 0.3) is 0 Å². The van der Waals surface area contributed by atoms with Gasteiger partial charge in [-0.1, -0.05) is 216 Å². The number of unbranched alkanes of at least 4 members (excludes halogenated alkanes) is 24. The predicted molar refractivity (Wildman–Crippen MR) is 270 cm³/mol. The van der Waals surface area contributed by atoms with Gasteiger partial charge >= 0.3 is 17.9 Å². The van der Waals surface area contributed by atoms with Crippen LogP contribution in [0.4, 0.5) is 0 Å². The van der Waals surface area contributed by atoms with Crippen molar-refractivity contribution < 1.29 is 28.6 Å². The Hall–Kier alpha value is -3.15. The van der Waals surface area contributed by atoms with E-state index in [1.165, 1.54) is 116 Å². The third-order valence-corrected chi connectivity index (χ3v) is 11.2. The summed E-state index contributed by atoms with van der Waals surface area (Å²) in [6, 6.07) is 0. The summed E-state index contributed by atoms with van der Waals surface area (Å²) in [6.07, 6.45) is 64.5. The quantitative estimate of drug-likeness (QED) is 0.0262. The third-order valence-electron chi connectivity index (χ3n) is 11.2. The van der Waals surface area contributed by atoms with E-state index in [4.69, 9.17) is 14.2 Å². The third kappa shape index (κ3) is 49.7. The molecule has 0 bridgehead atoms. The molecule has 0 heterocycles. The van der Waals surface area contributed by atoms with Crippen molar-refractivity contribution in [2.75, 3.05) is 13.2 Å². The molecule has 0 saturated carbocycles. The molecular weight excluding hydrogens is 781 g/mol. The molecule has 0 radical (unpaired) electrons. The molecule has 362 valence electrons. The molecular formula is C57H98O6. The summed E-state index contributed by atoms with van der Waals surface area (Å²) in [7, 11) is 0. The number of carbonyl (C=O) groups is 3. The van der Waals surface area contributed by atoms with Crippen LogP contribution in [0.2, 0.25) is 0 Å². The van der Waals surface area contributed by atoms with Gasteiger partial charge in [0.15, 0.2) is 6.10 Å². The Morgan fingerprint density at radius 1 is 0.333 bits per heavy atom. The van der Waals surface area contributed by atoms with Crippen LogP contribution in [-0.2, 0) is 28.6 Å². The lowest BCUT2D eigenvalue weighted by Crippen LogP contribution is -2.30. The Labute approximate surface area is 389 Å². The van der Waals surface area contributed by atoms with Crippen molar-refractivity contribution in [2.45, 2.75) is 258 Å². The van der Waals surface area contributed by atoms with Gasteiger partial charge in [-0.2, -0.15) is 0 Å². The Balaban J connectivity index is 4.42. The lowest BCUT2D eigenvalue weighted by atomic mass is 10.1. The van der Waals surface area contributed by atoms with Crippen LogP contribution in [-0.4, -0.2) is 37.2 Å². The molecule has 6 heteroatoms. The van der Waals surface area contributed by atoms with Crippen LogP contribution in [0.1, 0.15) is 252 Å². The van der Waals surface area contributed by atoms with Crippen molar-refractivity contribution in [3.63, 3.8) is 0 Å². The fourth-order valence-corrected chi connectivity index (χ4v) is 7.23. The normalized spacial score (nSPS) is 12.6. The Kier molecular flexibility index (Phi) is 48.9. The van der Waals surface area contributed by atoms with Gasteiger partial charge in [0.2, 0.25) is 0 Å². The van der Waals surface area contributed by atoms with Crippen molar-refractivity contribution in [3.8, 4) is 0 Å². The molecule has 6 nitrogen and oxygen atoms in total. The zero-order valence-electron chi connectivity index (χ0n) is 41.3. The van der Waals surface area contributed by atoms with Crippen molar-refractivity contribution in [1.29, 1.82) is 0 Å². The molecule has 0 N–H and O–H groups in total. The number of ether oxygens (including phenoxy) is 3. The zero-order chi connectivity index (χ0) is 45.8. The maximum Gasteiger partial charge on any atom is 0.306 e. The fraction of sp³-hybridized carbons (Fsp3) is 0.737. The van der Waals surface area contributed by atoms with Gasteiger partial charge < -0.3 is 14.2 Å². The average Bonchev–Trinajstić information content (AvgIpc) is 3.28.